The number of primary amides is 1. The molecule has 1 saturated heterocycles. The van der Waals surface area contributed by atoms with Crippen LogP contribution in [0.2, 0.25) is 0 Å². The van der Waals surface area contributed by atoms with Crippen molar-refractivity contribution < 1.29 is 27.9 Å². The number of pyridine rings is 1. The number of aromatic nitrogens is 5. The fourth-order valence-electron chi connectivity index (χ4n) is 4.00. The minimum Gasteiger partial charge on any atom is -0.475 e. The molecule has 11 nitrogen and oxygen atoms in total. The number of nitrogens with two attached hydrogens (primary N) is 1. The SMILES string of the molecule is Cn1cnc2c(N3CCC(C)(C(N)=O)C3)nc(NCc3ccc(C4CC4)cn3)nc21.O=C(O)C(F)(F)F. The molecule has 1 aliphatic heterocycles. The van der Waals surface area contributed by atoms with Crippen LogP contribution >= 0.6 is 0 Å². The number of anilines is 2. The van der Waals surface area contributed by atoms with E-state index in [2.05, 4.69) is 37.3 Å². The first-order chi connectivity index (χ1) is 17.4. The highest BCUT2D eigenvalue weighted by Crippen LogP contribution is 2.39. The van der Waals surface area contributed by atoms with Gasteiger partial charge in [-0.2, -0.15) is 23.1 Å². The second-order valence-electron chi connectivity index (χ2n) is 9.51. The number of carboxylic acids is 1. The van der Waals surface area contributed by atoms with Crippen molar-refractivity contribution in [3.8, 4) is 0 Å². The van der Waals surface area contributed by atoms with E-state index < -0.39 is 17.6 Å². The van der Waals surface area contributed by atoms with E-state index in [9.17, 15) is 18.0 Å². The minimum atomic E-state index is -5.08. The minimum absolute atomic E-state index is 0.282. The van der Waals surface area contributed by atoms with Crippen LogP contribution in [-0.2, 0) is 23.2 Å². The predicted octanol–water partition coefficient (Wildman–Crippen LogP) is 2.58. The Balaban J connectivity index is 0.000000405. The summed E-state index contributed by atoms with van der Waals surface area (Å²) in [4.78, 5) is 41.3. The molecule has 37 heavy (non-hydrogen) atoms. The smallest absolute Gasteiger partial charge is 0.475 e. The van der Waals surface area contributed by atoms with Gasteiger partial charge in [-0.3, -0.25) is 9.78 Å². The first kappa shape index (κ1) is 26.1. The number of carbonyl (C=O) groups is 2. The number of carbonyl (C=O) groups excluding carboxylic acids is 1. The lowest BCUT2D eigenvalue weighted by atomic mass is 9.89. The van der Waals surface area contributed by atoms with Crippen molar-refractivity contribution in [2.75, 3.05) is 23.3 Å². The van der Waals surface area contributed by atoms with Crippen LogP contribution in [0.1, 0.15) is 43.4 Å². The molecule has 1 atom stereocenters. The average molecular weight is 521 g/mol. The highest BCUT2D eigenvalue weighted by atomic mass is 19.4. The van der Waals surface area contributed by atoms with E-state index in [4.69, 9.17) is 20.6 Å². The first-order valence-corrected chi connectivity index (χ1v) is 11.6. The van der Waals surface area contributed by atoms with Gasteiger partial charge >= 0.3 is 12.1 Å². The Morgan fingerprint density at radius 1 is 1.24 bits per heavy atom. The molecule has 1 amide bonds. The van der Waals surface area contributed by atoms with Gasteiger partial charge in [0.25, 0.3) is 0 Å². The third-order valence-electron chi connectivity index (χ3n) is 6.48. The number of aliphatic carboxylic acids is 1. The van der Waals surface area contributed by atoms with Gasteiger partial charge in [-0.15, -0.1) is 0 Å². The van der Waals surface area contributed by atoms with Gasteiger partial charge in [0, 0.05) is 26.3 Å². The molecular weight excluding hydrogens is 493 g/mol. The van der Waals surface area contributed by atoms with E-state index in [1.54, 1.807) is 6.33 Å². The Morgan fingerprint density at radius 3 is 2.49 bits per heavy atom. The van der Waals surface area contributed by atoms with Crippen molar-refractivity contribution in [3.63, 3.8) is 0 Å². The maximum Gasteiger partial charge on any atom is 0.490 e. The maximum absolute atomic E-state index is 11.9. The number of hydrogen-bond donors (Lipinski definition) is 3. The molecule has 3 aromatic rings. The molecule has 2 fully saturated rings. The summed E-state index contributed by atoms with van der Waals surface area (Å²) in [5.41, 5.74) is 8.79. The van der Waals surface area contributed by atoms with E-state index in [-0.39, 0.29) is 5.91 Å². The van der Waals surface area contributed by atoms with Crippen molar-refractivity contribution in [1.82, 2.24) is 24.5 Å². The zero-order chi connectivity index (χ0) is 27.0. The Morgan fingerprint density at radius 2 is 1.95 bits per heavy atom. The van der Waals surface area contributed by atoms with Gasteiger partial charge < -0.3 is 25.6 Å². The van der Waals surface area contributed by atoms with Crippen molar-refractivity contribution in [2.24, 2.45) is 18.2 Å². The van der Waals surface area contributed by atoms with Gasteiger partial charge in [-0.1, -0.05) is 6.07 Å². The number of aryl methyl sites for hydroxylation is 1. The van der Waals surface area contributed by atoms with Crippen LogP contribution < -0.4 is 16.0 Å². The summed E-state index contributed by atoms with van der Waals surface area (Å²) in [5, 5.41) is 10.4. The van der Waals surface area contributed by atoms with Gasteiger partial charge in [-0.25, -0.2) is 9.78 Å². The van der Waals surface area contributed by atoms with Crippen LogP contribution in [0, 0.1) is 5.41 Å². The number of halogens is 3. The van der Waals surface area contributed by atoms with Crippen LogP contribution in [0.3, 0.4) is 0 Å². The molecule has 1 unspecified atom stereocenters. The van der Waals surface area contributed by atoms with Crippen LogP contribution in [0.4, 0.5) is 24.9 Å². The maximum atomic E-state index is 11.9. The van der Waals surface area contributed by atoms with Crippen LogP contribution in [0.15, 0.2) is 24.7 Å². The molecule has 0 bridgehead atoms. The molecule has 0 radical (unpaired) electrons. The fourth-order valence-corrected chi connectivity index (χ4v) is 4.00. The number of nitrogens with one attached hydrogen (secondary N) is 1. The number of amides is 1. The Bertz CT molecular complexity index is 1310. The molecular formula is C23H27F3N8O3. The zero-order valence-electron chi connectivity index (χ0n) is 20.3. The summed E-state index contributed by atoms with van der Waals surface area (Å²) >= 11 is 0. The highest BCUT2D eigenvalue weighted by molar-refractivity contribution is 5.87. The first-order valence-electron chi connectivity index (χ1n) is 11.6. The lowest BCUT2D eigenvalue weighted by Gasteiger charge is -2.22. The third-order valence-corrected chi connectivity index (χ3v) is 6.48. The zero-order valence-corrected chi connectivity index (χ0v) is 20.3. The summed E-state index contributed by atoms with van der Waals surface area (Å²) in [7, 11) is 1.91. The normalized spacial score (nSPS) is 19.4. The highest BCUT2D eigenvalue weighted by Gasteiger charge is 2.40. The van der Waals surface area contributed by atoms with E-state index >= 15 is 0 Å². The van der Waals surface area contributed by atoms with E-state index in [1.807, 2.05) is 24.7 Å². The van der Waals surface area contributed by atoms with E-state index in [0.29, 0.717) is 37.9 Å². The molecule has 1 aliphatic carbocycles. The predicted molar refractivity (Wildman–Crippen MR) is 128 cm³/mol. The molecule has 14 heteroatoms. The summed E-state index contributed by atoms with van der Waals surface area (Å²) in [6, 6.07) is 4.22. The standard InChI is InChI=1S/C21H26N8O.C2HF3O2/c1-21(19(22)30)7-8-29(11-21)18-16-17(28(2)12-25-16)26-20(27-18)24-10-15-6-5-14(9-23-15)13-3-4-13;3-2(4,5)1(6)7/h5-6,9,12-13H,3-4,7-8,10-11H2,1-2H3,(H2,22,30)(H,24,26,27);(H,6,7). The van der Waals surface area contributed by atoms with Crippen LogP contribution in [-0.4, -0.2) is 60.8 Å². The number of fused-ring (bicyclic) bond motifs is 1. The molecule has 4 N–H and O–H groups in total. The van der Waals surface area contributed by atoms with Crippen molar-refractivity contribution in [3.05, 3.63) is 35.9 Å². The molecule has 0 aromatic carbocycles. The second kappa shape index (κ2) is 9.82. The van der Waals surface area contributed by atoms with E-state index in [0.717, 1.165) is 22.7 Å². The summed E-state index contributed by atoms with van der Waals surface area (Å²) < 4.78 is 33.6. The number of imidazole rings is 1. The average Bonchev–Trinajstić information content (AvgIpc) is 3.52. The molecule has 4 heterocycles. The Labute approximate surface area is 209 Å². The number of nitrogens with zero attached hydrogens (tertiary/aromatic N) is 6. The van der Waals surface area contributed by atoms with Gasteiger partial charge in [0.1, 0.15) is 0 Å². The van der Waals surface area contributed by atoms with Gasteiger partial charge in [0.2, 0.25) is 11.9 Å². The number of carboxylic acid groups (broad SMARTS) is 1. The largest absolute Gasteiger partial charge is 0.490 e. The van der Waals surface area contributed by atoms with Gasteiger partial charge in [-0.05, 0) is 43.7 Å². The van der Waals surface area contributed by atoms with Gasteiger partial charge in [0.15, 0.2) is 17.0 Å². The molecule has 3 aromatic heterocycles. The molecule has 2 aliphatic rings. The third kappa shape index (κ3) is 5.89. The molecule has 198 valence electrons. The quantitative estimate of drug-likeness (QED) is 0.445. The fraction of sp³-hybridized carbons (Fsp3) is 0.478. The van der Waals surface area contributed by atoms with Crippen LogP contribution in [0.5, 0.6) is 0 Å². The van der Waals surface area contributed by atoms with E-state index in [1.165, 1.54) is 18.4 Å². The Hall–Kier alpha value is -3.97. The summed E-state index contributed by atoms with van der Waals surface area (Å²) in [6.45, 7) is 3.66. The summed E-state index contributed by atoms with van der Waals surface area (Å²) in [5.74, 6) is -1.10. The van der Waals surface area contributed by atoms with Crippen molar-refractivity contribution >= 4 is 34.8 Å². The van der Waals surface area contributed by atoms with Gasteiger partial charge in [0.05, 0.1) is 24.0 Å². The number of alkyl halides is 3. The monoisotopic (exact) mass is 520 g/mol. The summed E-state index contributed by atoms with van der Waals surface area (Å²) in [6.07, 6.45) is 1.85. The lowest BCUT2D eigenvalue weighted by Crippen LogP contribution is -2.37. The topological polar surface area (TPSA) is 152 Å². The number of rotatable bonds is 6. The molecule has 0 spiro atoms. The molecule has 1 saturated carbocycles. The second-order valence-corrected chi connectivity index (χ2v) is 9.51. The van der Waals surface area contributed by atoms with Crippen LogP contribution in [0.25, 0.3) is 11.2 Å². The number of hydrogen-bond acceptors (Lipinski definition) is 8. The lowest BCUT2D eigenvalue weighted by molar-refractivity contribution is -0.192. The molecule has 5 rings (SSSR count). The van der Waals surface area contributed by atoms with Crippen molar-refractivity contribution in [2.45, 2.75) is 44.8 Å². The Kier molecular flexibility index (Phi) is 6.93. The van der Waals surface area contributed by atoms with Crippen molar-refractivity contribution in [1.29, 1.82) is 0 Å².